The van der Waals surface area contributed by atoms with Gasteiger partial charge in [0.15, 0.2) is 0 Å². The molecule has 0 spiro atoms. The Balaban J connectivity index is 0.000000227. The molecule has 7 aromatic heterocycles. The first-order valence-corrected chi connectivity index (χ1v) is 23.1. The van der Waals surface area contributed by atoms with Crippen molar-refractivity contribution in [2.45, 2.75) is 52.1 Å². The molecule has 70 heavy (non-hydrogen) atoms. The number of hydrogen-bond acceptors (Lipinski definition) is 13. The van der Waals surface area contributed by atoms with Crippen molar-refractivity contribution in [1.29, 1.82) is 0 Å². The summed E-state index contributed by atoms with van der Waals surface area (Å²) in [5, 5.41) is 10.4. The van der Waals surface area contributed by atoms with E-state index in [1.54, 1.807) is 89.7 Å². The molecule has 8 rings (SSSR count). The monoisotopic (exact) mass is 1070 g/mol. The maximum atomic E-state index is 13.2. The second-order valence-electron chi connectivity index (χ2n) is 15.0. The predicted molar refractivity (Wildman–Crippen MR) is 261 cm³/mol. The number of aryl methyl sites for hydroxylation is 2. The molecular weight excluding hydrogens is 1030 g/mol. The summed E-state index contributed by atoms with van der Waals surface area (Å²) in [5.41, 5.74) is 7.53. The summed E-state index contributed by atoms with van der Waals surface area (Å²) in [6, 6.07) is 26.9. The molecule has 0 aliphatic heterocycles. The molecule has 0 radical (unpaired) electrons. The van der Waals surface area contributed by atoms with Crippen LogP contribution in [0.4, 0.5) is 13.2 Å². The minimum Gasteiger partial charge on any atom is -0.573 e. The molecule has 8 aromatic rings. The fourth-order valence-electron chi connectivity index (χ4n) is 7.07. The number of carbonyl (C=O) groups excluding carboxylic acids is 3. The first-order chi connectivity index (χ1) is 33.6. The Morgan fingerprint density at radius 2 is 1.30 bits per heavy atom. The van der Waals surface area contributed by atoms with E-state index in [1.165, 1.54) is 48.5 Å². The minimum absolute atomic E-state index is 0. The summed E-state index contributed by atoms with van der Waals surface area (Å²) >= 11 is 3.30. The average Bonchev–Trinajstić information content (AvgIpc) is 4.14. The maximum Gasteiger partial charge on any atom is 2.00 e. The Morgan fingerprint density at radius 1 is 0.700 bits per heavy atom. The summed E-state index contributed by atoms with van der Waals surface area (Å²) < 4.78 is 54.6. The van der Waals surface area contributed by atoms with Crippen LogP contribution in [0.1, 0.15) is 65.4 Å². The Morgan fingerprint density at radius 3 is 1.90 bits per heavy atom. The molecule has 0 atom stereocenters. The molecule has 0 unspecified atom stereocenters. The fraction of sp³-hybridized carbons (Fsp3) is 0.154. The summed E-state index contributed by atoms with van der Waals surface area (Å²) in [6.45, 7) is 5.21. The third-order valence-corrected chi connectivity index (χ3v) is 12.3. The predicted octanol–water partition coefficient (Wildman–Crippen LogP) is 12.6. The summed E-state index contributed by atoms with van der Waals surface area (Å²) in [7, 11) is 0. The van der Waals surface area contributed by atoms with Crippen LogP contribution in [0, 0.1) is 13.0 Å². The van der Waals surface area contributed by atoms with Crippen molar-refractivity contribution in [1.82, 2.24) is 30.1 Å². The summed E-state index contributed by atoms with van der Waals surface area (Å²) in [4.78, 5) is 51.6. The van der Waals surface area contributed by atoms with Gasteiger partial charge < -0.3 is 24.4 Å². The van der Waals surface area contributed by atoms with Crippen LogP contribution in [-0.2, 0) is 60.7 Å². The minimum atomic E-state index is -4.56. The molecule has 12 nitrogen and oxygen atoms in total. The molecule has 356 valence electrons. The van der Waals surface area contributed by atoms with Crippen molar-refractivity contribution in [3.05, 3.63) is 154 Å². The van der Waals surface area contributed by atoms with E-state index in [0.29, 0.717) is 59.1 Å². The number of hydrogen-bond donors (Lipinski definition) is 0. The number of rotatable bonds is 19. The number of nitrogens with zero attached hydrogens (tertiary/aromatic N) is 6. The van der Waals surface area contributed by atoms with Crippen LogP contribution in [0.25, 0.3) is 84.2 Å². The van der Waals surface area contributed by atoms with Crippen molar-refractivity contribution in [3.63, 3.8) is 0 Å². The first kappa shape index (κ1) is 52.1. The largest absolute Gasteiger partial charge is 2.00 e. The van der Waals surface area contributed by atoms with Crippen LogP contribution in [0.5, 0.6) is 0 Å². The standard InChI is InChI=1S/C28H24F3N3S2.C24H17N3O6.Ru/c1-3-4-5-6-8-18-11-12-35-26(18)20-14-22(21-10-7-9-19-13-17(2)36-27(19)21)32-23(15-20)24-16-25(34-33-24)28(29,30)31;28-15-31-8-3-18-1-6-25-21(11-18)23-13-20(5-10-33-17-30)14-24(27-23)22-12-19(2-7-26-22)4-9-32-16-29;/h7,9,11-16H,3-6,8H2,1-2H3;1-17H;/q-2;;+2/b;8-3+,9-4+,10-5+;. The second-order valence-corrected chi connectivity index (χ2v) is 17.2. The van der Waals surface area contributed by atoms with Gasteiger partial charge in [-0.25, -0.2) is 4.98 Å². The zero-order valence-electron chi connectivity index (χ0n) is 37.4. The van der Waals surface area contributed by atoms with Gasteiger partial charge in [-0.3, -0.25) is 29.3 Å². The van der Waals surface area contributed by atoms with Gasteiger partial charge in [0, 0.05) is 23.0 Å². The molecule has 0 N–H and O–H groups in total. The van der Waals surface area contributed by atoms with Crippen LogP contribution in [0.2, 0.25) is 0 Å². The van der Waals surface area contributed by atoms with Crippen molar-refractivity contribution in [3.8, 4) is 55.9 Å². The number of alkyl halides is 3. The Kier molecular flexibility index (Phi) is 18.9. The zero-order chi connectivity index (χ0) is 48.6. The van der Waals surface area contributed by atoms with Crippen molar-refractivity contribution in [2.24, 2.45) is 0 Å². The molecular formula is C52H41F3N6O6RuS2. The molecule has 0 bridgehead atoms. The number of unbranched alkanes of at least 4 members (excludes halogenated alkanes) is 3. The molecule has 0 saturated carbocycles. The van der Waals surface area contributed by atoms with Crippen LogP contribution >= 0.6 is 22.7 Å². The third-order valence-electron chi connectivity index (χ3n) is 10.2. The molecule has 0 amide bonds. The number of benzene rings is 1. The molecule has 0 aliphatic carbocycles. The topological polar surface area (TPSA) is 157 Å². The number of fused-ring (bicyclic) bond motifs is 1. The number of aromatic nitrogens is 6. The van der Waals surface area contributed by atoms with Gasteiger partial charge in [0.25, 0.3) is 19.4 Å². The van der Waals surface area contributed by atoms with Crippen molar-refractivity contribution in [2.75, 3.05) is 0 Å². The van der Waals surface area contributed by atoms with Crippen LogP contribution in [0.15, 0.2) is 115 Å². The van der Waals surface area contributed by atoms with E-state index in [-0.39, 0.29) is 25.2 Å². The maximum absolute atomic E-state index is 13.2. The van der Waals surface area contributed by atoms with Gasteiger partial charge in [-0.1, -0.05) is 49.4 Å². The first-order valence-electron chi connectivity index (χ1n) is 21.4. The van der Waals surface area contributed by atoms with E-state index in [0.717, 1.165) is 56.1 Å². The molecule has 0 fully saturated rings. The Bertz CT molecular complexity index is 3070. The average molecular weight is 1070 g/mol. The van der Waals surface area contributed by atoms with Crippen LogP contribution < -0.4 is 5.10 Å². The third kappa shape index (κ3) is 13.9. The fourth-order valence-corrected chi connectivity index (χ4v) is 9.03. The van der Waals surface area contributed by atoms with E-state index in [4.69, 9.17) is 4.98 Å². The summed E-state index contributed by atoms with van der Waals surface area (Å²) in [5.74, 6) is 0. The normalized spacial score (nSPS) is 11.4. The van der Waals surface area contributed by atoms with Crippen molar-refractivity contribution < 1.29 is 61.2 Å². The number of ether oxygens (including phenoxy) is 3. The van der Waals surface area contributed by atoms with Crippen LogP contribution in [0.3, 0.4) is 0 Å². The number of thiophene rings is 2. The summed E-state index contributed by atoms with van der Waals surface area (Å²) in [6.07, 6.45) is 12.9. The number of pyridine rings is 4. The Labute approximate surface area is 421 Å². The molecule has 0 aliphatic rings. The zero-order valence-corrected chi connectivity index (χ0v) is 40.8. The van der Waals surface area contributed by atoms with Crippen LogP contribution in [-0.4, -0.2) is 44.5 Å². The van der Waals surface area contributed by atoms with Gasteiger partial charge in [-0.05, 0) is 141 Å². The molecule has 1 aromatic carbocycles. The Hall–Kier alpha value is -7.27. The van der Waals surface area contributed by atoms with Crippen molar-refractivity contribution >= 4 is 70.4 Å². The second kappa shape index (κ2) is 25.4. The van der Waals surface area contributed by atoms with E-state index in [1.807, 2.05) is 24.3 Å². The molecule has 7 heterocycles. The van der Waals surface area contributed by atoms with Gasteiger partial charge in [-0.15, -0.1) is 35.1 Å². The van der Waals surface area contributed by atoms with E-state index >= 15 is 0 Å². The molecule has 0 saturated heterocycles. The molecule has 18 heteroatoms. The van der Waals surface area contributed by atoms with Gasteiger partial charge in [0.2, 0.25) is 0 Å². The van der Waals surface area contributed by atoms with Gasteiger partial charge >= 0.3 is 25.7 Å². The quantitative estimate of drug-likeness (QED) is 0.0189. The van der Waals surface area contributed by atoms with Gasteiger partial charge in [-0.2, -0.15) is 24.5 Å². The van der Waals surface area contributed by atoms with E-state index in [2.05, 4.69) is 76.8 Å². The van der Waals surface area contributed by atoms with Gasteiger partial charge in [0.05, 0.1) is 41.6 Å². The number of halogens is 3. The van der Waals surface area contributed by atoms with E-state index in [9.17, 15) is 27.6 Å². The van der Waals surface area contributed by atoms with Gasteiger partial charge in [0.1, 0.15) is 5.69 Å². The number of carbonyl (C=O) groups is 3. The SMILES string of the molecule is CCCCCCc1ccsc1-c1cc(-c2cc(C(F)(F)F)n[n-]2)nc(-c2[c-]ccc3cc(C)sc23)c1.O=CO/C=C/c1ccnc(-c2cc(/C=C/OC=O)cc(-c3cc(/C=C/OC=O)ccn3)n2)c1.[Ru+2]. The van der Waals surface area contributed by atoms with E-state index < -0.39 is 11.9 Å². The smallest absolute Gasteiger partial charge is 0.573 e.